The molecule has 25 heavy (non-hydrogen) atoms. The summed E-state index contributed by atoms with van der Waals surface area (Å²) >= 11 is 0. The average Bonchev–Trinajstić information content (AvgIpc) is 2.49. The van der Waals surface area contributed by atoms with Gasteiger partial charge in [-0.15, -0.1) is 0 Å². The number of carbonyl (C=O) groups is 2. The average molecular weight is 366 g/mol. The number of nitrogens with zero attached hydrogens (tertiary/aromatic N) is 2. The summed E-state index contributed by atoms with van der Waals surface area (Å²) in [6.07, 6.45) is 1.13. The molecule has 1 aliphatic heterocycles. The number of benzene rings is 1. The van der Waals surface area contributed by atoms with Crippen LogP contribution in [0.5, 0.6) is 0 Å². The first kappa shape index (κ1) is 19.4. The van der Waals surface area contributed by atoms with E-state index < -0.39 is 21.2 Å². The third-order valence-electron chi connectivity index (χ3n) is 4.05. The van der Waals surface area contributed by atoms with Crippen molar-refractivity contribution in [2.45, 2.75) is 39.3 Å². The molecule has 1 aromatic carbocycles. The van der Waals surface area contributed by atoms with Crippen LogP contribution in [0.15, 0.2) is 34.7 Å². The van der Waals surface area contributed by atoms with E-state index in [0.29, 0.717) is 12.1 Å². The maximum Gasteiger partial charge on any atom is 0.410 e. The first-order valence-corrected chi connectivity index (χ1v) is 10.4. The van der Waals surface area contributed by atoms with Gasteiger partial charge in [0.2, 0.25) is 0 Å². The fourth-order valence-electron chi connectivity index (χ4n) is 2.68. The van der Waals surface area contributed by atoms with Gasteiger partial charge in [-0.3, -0.25) is 4.79 Å². The van der Waals surface area contributed by atoms with Crippen molar-refractivity contribution in [3.63, 3.8) is 0 Å². The van der Waals surface area contributed by atoms with Crippen LogP contribution in [0.25, 0.3) is 0 Å². The Morgan fingerprint density at radius 3 is 2.40 bits per heavy atom. The smallest absolute Gasteiger partial charge is 0.410 e. The van der Waals surface area contributed by atoms with Crippen LogP contribution in [0.3, 0.4) is 0 Å². The van der Waals surface area contributed by atoms with Crippen molar-refractivity contribution in [2.75, 3.05) is 18.6 Å². The SMILES string of the molecule is CC1C(CS(C)(=O)=NC(=O)c2ccccc2)CN1C(=O)OC(C)(C)C. The van der Waals surface area contributed by atoms with Crippen LogP contribution in [0.2, 0.25) is 0 Å². The summed E-state index contributed by atoms with van der Waals surface area (Å²) in [5.41, 5.74) is -0.119. The Kier molecular flexibility index (Phi) is 5.56. The van der Waals surface area contributed by atoms with Crippen LogP contribution >= 0.6 is 0 Å². The minimum absolute atomic E-state index is 0.0392. The molecule has 1 aromatic rings. The summed E-state index contributed by atoms with van der Waals surface area (Å²) in [6.45, 7) is 7.82. The largest absolute Gasteiger partial charge is 0.444 e. The number of amides is 2. The molecule has 0 spiro atoms. The number of rotatable bonds is 3. The normalized spacial score (nSPS) is 22.5. The predicted octanol–water partition coefficient (Wildman–Crippen LogP) is 3.18. The van der Waals surface area contributed by atoms with Gasteiger partial charge < -0.3 is 9.64 Å². The van der Waals surface area contributed by atoms with Crippen LogP contribution < -0.4 is 0 Å². The lowest BCUT2D eigenvalue weighted by atomic mass is 9.92. The molecule has 2 rings (SSSR count). The third kappa shape index (κ3) is 5.29. The van der Waals surface area contributed by atoms with E-state index >= 15 is 0 Å². The highest BCUT2D eigenvalue weighted by Crippen LogP contribution is 2.28. The van der Waals surface area contributed by atoms with Crippen molar-refractivity contribution in [1.29, 1.82) is 0 Å². The Bertz CT molecular complexity index is 761. The van der Waals surface area contributed by atoms with E-state index in [-0.39, 0.29) is 23.8 Å². The Balaban J connectivity index is 1.98. The van der Waals surface area contributed by atoms with Gasteiger partial charge in [-0.1, -0.05) is 18.2 Å². The summed E-state index contributed by atoms with van der Waals surface area (Å²) < 4.78 is 22.0. The number of ether oxygens (including phenoxy) is 1. The second-order valence-electron chi connectivity index (χ2n) is 7.52. The second-order valence-corrected chi connectivity index (χ2v) is 9.96. The predicted molar refractivity (Wildman–Crippen MR) is 98.0 cm³/mol. The monoisotopic (exact) mass is 366 g/mol. The van der Waals surface area contributed by atoms with Crippen molar-refractivity contribution in [1.82, 2.24) is 4.90 Å². The maximum absolute atomic E-state index is 12.7. The van der Waals surface area contributed by atoms with E-state index in [4.69, 9.17) is 4.74 Å². The topological polar surface area (TPSA) is 76.0 Å². The second kappa shape index (κ2) is 7.15. The highest BCUT2D eigenvalue weighted by atomic mass is 32.2. The van der Waals surface area contributed by atoms with Gasteiger partial charge in [0.1, 0.15) is 5.60 Å². The molecule has 3 atom stereocenters. The van der Waals surface area contributed by atoms with Crippen molar-refractivity contribution in [3.8, 4) is 0 Å². The van der Waals surface area contributed by atoms with E-state index in [9.17, 15) is 13.8 Å². The molecule has 1 heterocycles. The maximum atomic E-state index is 12.7. The van der Waals surface area contributed by atoms with Crippen molar-refractivity contribution in [3.05, 3.63) is 35.9 Å². The molecule has 1 fully saturated rings. The van der Waals surface area contributed by atoms with Gasteiger partial charge in [0, 0.05) is 36.1 Å². The molecule has 1 saturated heterocycles. The quantitative estimate of drug-likeness (QED) is 0.823. The van der Waals surface area contributed by atoms with Crippen LogP contribution in [0, 0.1) is 5.92 Å². The zero-order valence-electron chi connectivity index (χ0n) is 15.4. The van der Waals surface area contributed by atoms with Crippen LogP contribution in [-0.2, 0) is 14.5 Å². The standard InChI is InChI=1S/C18H26N2O4S/c1-13-15(11-20(13)17(22)24-18(2,3)4)12-25(5,23)19-16(21)14-9-7-6-8-10-14/h6-10,13,15H,11-12H2,1-5H3. The first-order chi connectivity index (χ1) is 11.5. The Hall–Kier alpha value is -1.89. The van der Waals surface area contributed by atoms with Crippen molar-refractivity contribution in [2.24, 2.45) is 10.3 Å². The lowest BCUT2D eigenvalue weighted by molar-refractivity contribution is -0.0201. The van der Waals surface area contributed by atoms with E-state index in [1.807, 2.05) is 27.7 Å². The van der Waals surface area contributed by atoms with Crippen LogP contribution in [-0.4, -0.2) is 51.3 Å². The molecule has 0 bridgehead atoms. The minimum atomic E-state index is -2.66. The molecule has 138 valence electrons. The number of hydrogen-bond acceptors (Lipinski definition) is 4. The van der Waals surface area contributed by atoms with Gasteiger partial charge >= 0.3 is 6.09 Å². The third-order valence-corrected chi connectivity index (χ3v) is 5.65. The molecule has 0 saturated carbocycles. The first-order valence-electron chi connectivity index (χ1n) is 8.27. The highest BCUT2D eigenvalue weighted by Gasteiger charge is 2.41. The Labute approximate surface area is 149 Å². The van der Waals surface area contributed by atoms with Crippen molar-refractivity contribution < 1.29 is 18.5 Å². The van der Waals surface area contributed by atoms with Crippen LogP contribution in [0.1, 0.15) is 38.1 Å². The van der Waals surface area contributed by atoms with Gasteiger partial charge in [0.05, 0.1) is 9.73 Å². The zero-order chi connectivity index (χ0) is 18.8. The molecular formula is C18H26N2O4S. The number of likely N-dealkylation sites (tertiary alicyclic amines) is 1. The molecule has 7 heteroatoms. The highest BCUT2D eigenvalue weighted by molar-refractivity contribution is 7.93. The van der Waals surface area contributed by atoms with Crippen molar-refractivity contribution >= 4 is 21.7 Å². The summed E-state index contributed by atoms with van der Waals surface area (Å²) in [6, 6.07) is 8.51. The van der Waals surface area contributed by atoms with Gasteiger partial charge in [0.15, 0.2) is 0 Å². The summed E-state index contributed by atoms with van der Waals surface area (Å²) in [5, 5.41) is 0. The molecular weight excluding hydrogens is 340 g/mol. The molecule has 0 radical (unpaired) electrons. The molecule has 6 nitrogen and oxygen atoms in total. The molecule has 0 N–H and O–H groups in total. The van der Waals surface area contributed by atoms with Gasteiger partial charge in [-0.25, -0.2) is 9.00 Å². The van der Waals surface area contributed by atoms with E-state index in [0.717, 1.165) is 0 Å². The van der Waals surface area contributed by atoms with Crippen LogP contribution in [0.4, 0.5) is 4.79 Å². The lowest BCUT2D eigenvalue weighted by Crippen LogP contribution is -2.59. The molecule has 2 amide bonds. The zero-order valence-corrected chi connectivity index (χ0v) is 16.2. The Morgan fingerprint density at radius 2 is 1.88 bits per heavy atom. The summed E-state index contributed by atoms with van der Waals surface area (Å²) in [4.78, 5) is 25.8. The fourth-order valence-corrected chi connectivity index (χ4v) is 4.39. The summed E-state index contributed by atoms with van der Waals surface area (Å²) in [5.74, 6) is -0.145. The van der Waals surface area contributed by atoms with E-state index in [2.05, 4.69) is 4.36 Å². The summed E-state index contributed by atoms with van der Waals surface area (Å²) in [7, 11) is -2.66. The van der Waals surface area contributed by atoms with E-state index in [1.54, 1.807) is 35.2 Å². The van der Waals surface area contributed by atoms with Gasteiger partial charge in [0.25, 0.3) is 5.91 Å². The molecule has 0 aliphatic carbocycles. The molecule has 1 aliphatic rings. The molecule has 3 unspecified atom stereocenters. The number of carbonyl (C=O) groups excluding carboxylic acids is 2. The van der Waals surface area contributed by atoms with E-state index in [1.165, 1.54) is 6.26 Å². The fraction of sp³-hybridized carbons (Fsp3) is 0.556. The van der Waals surface area contributed by atoms with Gasteiger partial charge in [-0.2, -0.15) is 4.36 Å². The molecule has 0 aromatic heterocycles. The minimum Gasteiger partial charge on any atom is -0.444 e. The lowest BCUT2D eigenvalue weighted by Gasteiger charge is -2.46. The van der Waals surface area contributed by atoms with Gasteiger partial charge in [-0.05, 0) is 39.8 Å². The Morgan fingerprint density at radius 1 is 1.28 bits per heavy atom. The number of hydrogen-bond donors (Lipinski definition) is 0.